The Labute approximate surface area is 156 Å². The van der Waals surface area contributed by atoms with Crippen LogP contribution in [0.2, 0.25) is 0 Å². The maximum Gasteiger partial charge on any atom is 0.317 e. The van der Waals surface area contributed by atoms with Crippen LogP contribution in [0.4, 0.5) is 4.79 Å². The Morgan fingerprint density at radius 1 is 1.19 bits per heavy atom. The highest BCUT2D eigenvalue weighted by Crippen LogP contribution is 2.26. The van der Waals surface area contributed by atoms with Gasteiger partial charge in [-0.3, -0.25) is 4.90 Å². The molecule has 1 aromatic carbocycles. The van der Waals surface area contributed by atoms with Gasteiger partial charge >= 0.3 is 6.03 Å². The van der Waals surface area contributed by atoms with E-state index in [2.05, 4.69) is 10.2 Å². The molecule has 26 heavy (non-hydrogen) atoms. The number of phenolic OH excluding ortho intramolecular Hbond substituents is 1. The number of rotatable bonds is 6. The summed E-state index contributed by atoms with van der Waals surface area (Å²) >= 11 is 0. The van der Waals surface area contributed by atoms with Gasteiger partial charge in [0.05, 0.1) is 19.8 Å². The number of carbonyl (C=O) groups is 1. The van der Waals surface area contributed by atoms with E-state index in [1.165, 1.54) is 19.3 Å². The molecule has 6 heteroatoms. The Balaban J connectivity index is 1.58. The van der Waals surface area contributed by atoms with Crippen LogP contribution in [-0.2, 0) is 11.3 Å². The first-order valence-corrected chi connectivity index (χ1v) is 9.85. The van der Waals surface area contributed by atoms with E-state index in [9.17, 15) is 9.90 Å². The summed E-state index contributed by atoms with van der Waals surface area (Å²) in [6.07, 6.45) is 5.68. The van der Waals surface area contributed by atoms with E-state index in [0.717, 1.165) is 51.3 Å². The number of carbonyl (C=O) groups excluding carboxylic acids is 1. The van der Waals surface area contributed by atoms with Crippen LogP contribution >= 0.6 is 0 Å². The maximum absolute atomic E-state index is 12.9. The van der Waals surface area contributed by atoms with Crippen LogP contribution in [0.1, 0.15) is 37.7 Å². The SMILES string of the molecule is O=C(NCCN1CCOCC1)N(Cc1ccccc1O)C1CCCCC1. The largest absolute Gasteiger partial charge is 0.508 e. The number of ether oxygens (including phenoxy) is 1. The molecule has 1 saturated heterocycles. The second-order valence-electron chi connectivity index (χ2n) is 7.23. The first kappa shape index (κ1) is 19.0. The van der Waals surface area contributed by atoms with Crippen LogP contribution in [0, 0.1) is 0 Å². The molecule has 0 aromatic heterocycles. The van der Waals surface area contributed by atoms with Crippen LogP contribution in [0.25, 0.3) is 0 Å². The number of urea groups is 1. The normalized spacial score (nSPS) is 19.2. The summed E-state index contributed by atoms with van der Waals surface area (Å²) in [4.78, 5) is 17.1. The van der Waals surface area contributed by atoms with Gasteiger partial charge in [0, 0.05) is 37.8 Å². The minimum Gasteiger partial charge on any atom is -0.508 e. The van der Waals surface area contributed by atoms with E-state index in [4.69, 9.17) is 4.74 Å². The molecule has 0 atom stereocenters. The fraction of sp³-hybridized carbons (Fsp3) is 0.650. The number of para-hydroxylation sites is 1. The number of morpholine rings is 1. The Hall–Kier alpha value is -1.79. The van der Waals surface area contributed by atoms with E-state index in [0.29, 0.717) is 13.1 Å². The third kappa shape index (κ3) is 5.35. The van der Waals surface area contributed by atoms with Crippen molar-refractivity contribution in [2.24, 2.45) is 0 Å². The molecule has 1 heterocycles. The topological polar surface area (TPSA) is 65.0 Å². The number of aromatic hydroxyl groups is 1. The predicted molar refractivity (Wildman–Crippen MR) is 101 cm³/mol. The van der Waals surface area contributed by atoms with Crippen molar-refractivity contribution < 1.29 is 14.6 Å². The molecule has 2 N–H and O–H groups in total. The molecule has 0 unspecified atom stereocenters. The van der Waals surface area contributed by atoms with E-state index >= 15 is 0 Å². The first-order valence-electron chi connectivity index (χ1n) is 9.85. The summed E-state index contributed by atoms with van der Waals surface area (Å²) in [5.41, 5.74) is 0.807. The lowest BCUT2D eigenvalue weighted by Crippen LogP contribution is -2.48. The number of phenols is 1. The molecular formula is C20H31N3O3. The molecule has 1 aliphatic carbocycles. The molecule has 2 amide bonds. The quantitative estimate of drug-likeness (QED) is 0.817. The number of nitrogens with one attached hydrogen (secondary N) is 1. The molecular weight excluding hydrogens is 330 g/mol. The number of hydrogen-bond acceptors (Lipinski definition) is 4. The Bertz CT molecular complexity index is 569. The lowest BCUT2D eigenvalue weighted by molar-refractivity contribution is 0.0384. The fourth-order valence-corrected chi connectivity index (χ4v) is 3.83. The van der Waals surface area contributed by atoms with Gasteiger partial charge < -0.3 is 20.1 Å². The van der Waals surface area contributed by atoms with Crippen molar-refractivity contribution in [3.05, 3.63) is 29.8 Å². The molecule has 144 valence electrons. The van der Waals surface area contributed by atoms with Gasteiger partial charge in [0.2, 0.25) is 0 Å². The van der Waals surface area contributed by atoms with Crippen LogP contribution < -0.4 is 5.32 Å². The fourth-order valence-electron chi connectivity index (χ4n) is 3.83. The monoisotopic (exact) mass is 361 g/mol. The van der Waals surface area contributed by atoms with Gasteiger partial charge in [-0.1, -0.05) is 37.5 Å². The van der Waals surface area contributed by atoms with Gasteiger partial charge in [-0.25, -0.2) is 4.79 Å². The molecule has 3 rings (SSSR count). The highest BCUT2D eigenvalue weighted by atomic mass is 16.5. The van der Waals surface area contributed by atoms with Crippen LogP contribution in [0.15, 0.2) is 24.3 Å². The molecule has 0 radical (unpaired) electrons. The number of hydrogen-bond donors (Lipinski definition) is 2. The lowest BCUT2D eigenvalue weighted by atomic mass is 9.94. The Morgan fingerprint density at radius 2 is 1.92 bits per heavy atom. The van der Waals surface area contributed by atoms with Gasteiger partial charge in [-0.2, -0.15) is 0 Å². The molecule has 0 bridgehead atoms. The van der Waals surface area contributed by atoms with Crippen LogP contribution in [0.5, 0.6) is 5.75 Å². The minimum absolute atomic E-state index is 0.0200. The van der Waals surface area contributed by atoms with Crippen LogP contribution in [0.3, 0.4) is 0 Å². The average molecular weight is 361 g/mol. The third-order valence-electron chi connectivity index (χ3n) is 5.42. The third-order valence-corrected chi connectivity index (χ3v) is 5.42. The van der Waals surface area contributed by atoms with E-state index in [1.807, 2.05) is 23.1 Å². The van der Waals surface area contributed by atoms with Gasteiger partial charge in [0.25, 0.3) is 0 Å². The number of nitrogens with zero attached hydrogens (tertiary/aromatic N) is 2. The van der Waals surface area contributed by atoms with Gasteiger partial charge in [-0.15, -0.1) is 0 Å². The maximum atomic E-state index is 12.9. The van der Waals surface area contributed by atoms with Gasteiger partial charge in [0.1, 0.15) is 5.75 Å². The van der Waals surface area contributed by atoms with Gasteiger partial charge in [-0.05, 0) is 18.9 Å². The Morgan fingerprint density at radius 3 is 2.65 bits per heavy atom. The van der Waals surface area contributed by atoms with Crippen molar-refractivity contribution in [2.75, 3.05) is 39.4 Å². The zero-order valence-corrected chi connectivity index (χ0v) is 15.5. The Kier molecular flexibility index (Phi) is 7.14. The van der Waals surface area contributed by atoms with E-state index < -0.39 is 0 Å². The van der Waals surface area contributed by atoms with Crippen molar-refractivity contribution >= 4 is 6.03 Å². The van der Waals surface area contributed by atoms with E-state index in [-0.39, 0.29) is 17.8 Å². The predicted octanol–water partition coefficient (Wildman–Crippen LogP) is 2.57. The second kappa shape index (κ2) is 9.78. The molecule has 1 saturated carbocycles. The summed E-state index contributed by atoms with van der Waals surface area (Å²) in [7, 11) is 0. The van der Waals surface area contributed by atoms with Crippen molar-refractivity contribution in [3.8, 4) is 5.75 Å². The second-order valence-corrected chi connectivity index (χ2v) is 7.23. The molecule has 1 aromatic rings. The zero-order valence-electron chi connectivity index (χ0n) is 15.5. The number of amides is 2. The molecule has 1 aliphatic heterocycles. The molecule has 2 aliphatic rings. The summed E-state index contributed by atoms with van der Waals surface area (Å²) in [6.45, 7) is 5.36. The molecule has 2 fully saturated rings. The minimum atomic E-state index is -0.0200. The molecule has 6 nitrogen and oxygen atoms in total. The summed E-state index contributed by atoms with van der Waals surface area (Å²) in [5.74, 6) is 0.259. The number of benzene rings is 1. The standard InChI is InChI=1S/C20H31N3O3/c24-19-9-5-4-6-17(19)16-23(18-7-2-1-3-8-18)20(25)21-10-11-22-12-14-26-15-13-22/h4-6,9,18,24H,1-3,7-8,10-16H2,(H,21,25). The molecule has 0 spiro atoms. The van der Waals surface area contributed by atoms with Crippen molar-refractivity contribution in [1.29, 1.82) is 0 Å². The van der Waals surface area contributed by atoms with Crippen molar-refractivity contribution in [1.82, 2.24) is 15.1 Å². The summed E-state index contributed by atoms with van der Waals surface area (Å²) in [6, 6.07) is 7.54. The highest BCUT2D eigenvalue weighted by Gasteiger charge is 2.26. The highest BCUT2D eigenvalue weighted by molar-refractivity contribution is 5.74. The van der Waals surface area contributed by atoms with Crippen molar-refractivity contribution in [2.45, 2.75) is 44.7 Å². The van der Waals surface area contributed by atoms with Crippen molar-refractivity contribution in [3.63, 3.8) is 0 Å². The zero-order chi connectivity index (χ0) is 18.2. The summed E-state index contributed by atoms with van der Waals surface area (Å²) < 4.78 is 5.36. The van der Waals surface area contributed by atoms with E-state index in [1.54, 1.807) is 6.07 Å². The average Bonchev–Trinajstić information content (AvgIpc) is 2.69. The lowest BCUT2D eigenvalue weighted by Gasteiger charge is -2.35. The smallest absolute Gasteiger partial charge is 0.317 e. The van der Waals surface area contributed by atoms with Gasteiger partial charge in [0.15, 0.2) is 0 Å². The van der Waals surface area contributed by atoms with Crippen LogP contribution in [-0.4, -0.2) is 66.4 Å². The first-order chi connectivity index (χ1) is 12.7. The summed E-state index contributed by atoms with van der Waals surface area (Å²) in [5, 5.41) is 13.2.